The SMILES string of the molecule is CCC1C2CC(c3ccccc3CCC3CO3)C(C2)C1CC. The molecule has 1 aromatic carbocycles. The molecule has 2 saturated carbocycles. The van der Waals surface area contributed by atoms with Crippen molar-refractivity contribution >= 4 is 0 Å². The Kier molecular flexibility index (Phi) is 4.02. The molecule has 1 heterocycles. The Balaban J connectivity index is 1.55. The van der Waals surface area contributed by atoms with Gasteiger partial charge in [0.05, 0.1) is 12.7 Å². The molecule has 120 valence electrons. The predicted octanol–water partition coefficient (Wildman–Crippen LogP) is 5.19. The second-order valence-electron chi connectivity index (χ2n) is 7.84. The zero-order valence-corrected chi connectivity index (χ0v) is 14.1. The number of fused-ring (bicyclic) bond motifs is 2. The molecular formula is C21H30O. The van der Waals surface area contributed by atoms with Crippen molar-refractivity contribution in [3.8, 4) is 0 Å². The summed E-state index contributed by atoms with van der Waals surface area (Å²) in [4.78, 5) is 0. The molecule has 1 aromatic rings. The van der Waals surface area contributed by atoms with Gasteiger partial charge in [0.2, 0.25) is 0 Å². The van der Waals surface area contributed by atoms with Crippen molar-refractivity contribution in [2.24, 2.45) is 23.7 Å². The highest BCUT2D eigenvalue weighted by Gasteiger charge is 2.51. The fourth-order valence-electron chi connectivity index (χ4n) is 5.87. The van der Waals surface area contributed by atoms with E-state index >= 15 is 0 Å². The number of aryl methyl sites for hydroxylation is 1. The molecule has 1 aliphatic heterocycles. The van der Waals surface area contributed by atoms with Crippen molar-refractivity contribution in [3.63, 3.8) is 0 Å². The third-order valence-corrected chi connectivity index (χ3v) is 6.89. The van der Waals surface area contributed by atoms with Gasteiger partial charge in [-0.05, 0) is 66.4 Å². The number of epoxide rings is 1. The minimum atomic E-state index is 0.556. The second kappa shape index (κ2) is 6.00. The molecule has 0 N–H and O–H groups in total. The molecule has 1 heteroatoms. The first-order chi connectivity index (χ1) is 10.8. The molecule has 0 spiro atoms. The Hall–Kier alpha value is -0.820. The summed E-state index contributed by atoms with van der Waals surface area (Å²) < 4.78 is 5.41. The molecular weight excluding hydrogens is 268 g/mol. The van der Waals surface area contributed by atoms with E-state index in [9.17, 15) is 0 Å². The lowest BCUT2D eigenvalue weighted by atomic mass is 9.69. The highest BCUT2D eigenvalue weighted by atomic mass is 16.6. The van der Waals surface area contributed by atoms with E-state index in [1.165, 1.54) is 38.5 Å². The van der Waals surface area contributed by atoms with E-state index < -0.39 is 0 Å². The van der Waals surface area contributed by atoms with Crippen LogP contribution in [-0.2, 0) is 11.2 Å². The summed E-state index contributed by atoms with van der Waals surface area (Å²) in [5, 5.41) is 0. The first-order valence-electron chi connectivity index (χ1n) is 9.51. The standard InChI is InChI=1S/C21H30O/c1-3-17-15-11-20(18(17)4-2)21(12-15)19-8-6-5-7-14(19)9-10-16-13-22-16/h5-8,15-18,20-21H,3-4,9-13H2,1-2H3. The van der Waals surface area contributed by atoms with Gasteiger partial charge in [0.15, 0.2) is 0 Å². The van der Waals surface area contributed by atoms with Crippen LogP contribution in [0.15, 0.2) is 24.3 Å². The minimum Gasteiger partial charge on any atom is -0.373 e. The molecule has 22 heavy (non-hydrogen) atoms. The van der Waals surface area contributed by atoms with Gasteiger partial charge in [0, 0.05) is 0 Å². The normalized spacial score (nSPS) is 39.4. The topological polar surface area (TPSA) is 12.5 Å². The van der Waals surface area contributed by atoms with Gasteiger partial charge in [-0.2, -0.15) is 0 Å². The molecule has 2 aliphatic carbocycles. The molecule has 2 bridgehead atoms. The first kappa shape index (κ1) is 14.8. The van der Waals surface area contributed by atoms with Crippen molar-refractivity contribution in [2.45, 2.75) is 64.4 Å². The van der Waals surface area contributed by atoms with Crippen molar-refractivity contribution < 1.29 is 4.74 Å². The Morgan fingerprint density at radius 2 is 1.82 bits per heavy atom. The number of rotatable bonds is 6. The highest BCUT2D eigenvalue weighted by molar-refractivity contribution is 5.33. The number of ether oxygens (including phenoxy) is 1. The van der Waals surface area contributed by atoms with Crippen LogP contribution in [0.5, 0.6) is 0 Å². The Morgan fingerprint density at radius 1 is 1.05 bits per heavy atom. The fraction of sp³-hybridized carbons (Fsp3) is 0.714. The van der Waals surface area contributed by atoms with E-state index in [-0.39, 0.29) is 0 Å². The maximum atomic E-state index is 5.41. The van der Waals surface area contributed by atoms with Crippen LogP contribution in [0.1, 0.15) is 63.0 Å². The van der Waals surface area contributed by atoms with Crippen LogP contribution < -0.4 is 0 Å². The van der Waals surface area contributed by atoms with E-state index in [1.807, 2.05) is 0 Å². The predicted molar refractivity (Wildman–Crippen MR) is 91.0 cm³/mol. The van der Waals surface area contributed by atoms with Crippen LogP contribution in [0.3, 0.4) is 0 Å². The van der Waals surface area contributed by atoms with E-state index in [2.05, 4.69) is 38.1 Å². The van der Waals surface area contributed by atoms with Crippen molar-refractivity contribution in [1.82, 2.24) is 0 Å². The molecule has 0 radical (unpaired) electrons. The molecule has 4 rings (SSSR count). The van der Waals surface area contributed by atoms with Gasteiger partial charge in [0.25, 0.3) is 0 Å². The quantitative estimate of drug-likeness (QED) is 0.658. The van der Waals surface area contributed by atoms with Crippen molar-refractivity contribution in [2.75, 3.05) is 6.61 Å². The third kappa shape index (κ3) is 2.52. The van der Waals surface area contributed by atoms with Gasteiger partial charge >= 0.3 is 0 Å². The summed E-state index contributed by atoms with van der Waals surface area (Å²) in [6, 6.07) is 9.30. The zero-order chi connectivity index (χ0) is 15.1. The molecule has 6 unspecified atom stereocenters. The van der Waals surface area contributed by atoms with Gasteiger partial charge in [-0.3, -0.25) is 0 Å². The summed E-state index contributed by atoms with van der Waals surface area (Å²) >= 11 is 0. The van der Waals surface area contributed by atoms with Gasteiger partial charge in [0.1, 0.15) is 0 Å². The summed E-state index contributed by atoms with van der Waals surface area (Å²) in [6.07, 6.45) is 8.72. The zero-order valence-electron chi connectivity index (χ0n) is 14.1. The van der Waals surface area contributed by atoms with E-state index in [0.29, 0.717) is 6.10 Å². The van der Waals surface area contributed by atoms with Gasteiger partial charge in [-0.15, -0.1) is 0 Å². The van der Waals surface area contributed by atoms with Crippen LogP contribution in [0.25, 0.3) is 0 Å². The van der Waals surface area contributed by atoms with Gasteiger partial charge in [-0.1, -0.05) is 51.0 Å². The Labute approximate surface area is 135 Å². The summed E-state index contributed by atoms with van der Waals surface area (Å²) in [5.74, 6) is 4.80. The molecule has 1 nitrogen and oxygen atoms in total. The van der Waals surface area contributed by atoms with E-state index in [0.717, 1.165) is 36.2 Å². The van der Waals surface area contributed by atoms with Gasteiger partial charge < -0.3 is 4.74 Å². The highest BCUT2D eigenvalue weighted by Crippen LogP contribution is 2.60. The smallest absolute Gasteiger partial charge is 0.0813 e. The lowest BCUT2D eigenvalue weighted by Crippen LogP contribution is -2.27. The van der Waals surface area contributed by atoms with Crippen LogP contribution >= 0.6 is 0 Å². The average Bonchev–Trinajstić information content (AvgIpc) is 3.20. The van der Waals surface area contributed by atoms with E-state index in [4.69, 9.17) is 4.74 Å². The monoisotopic (exact) mass is 298 g/mol. The first-order valence-corrected chi connectivity index (χ1v) is 9.51. The number of hydrogen-bond donors (Lipinski definition) is 0. The summed E-state index contributed by atoms with van der Waals surface area (Å²) in [7, 11) is 0. The minimum absolute atomic E-state index is 0.556. The largest absolute Gasteiger partial charge is 0.373 e. The molecule has 1 saturated heterocycles. The second-order valence-corrected chi connectivity index (χ2v) is 7.84. The third-order valence-electron chi connectivity index (χ3n) is 6.89. The van der Waals surface area contributed by atoms with Crippen LogP contribution in [-0.4, -0.2) is 12.7 Å². The maximum Gasteiger partial charge on any atom is 0.0813 e. The van der Waals surface area contributed by atoms with Crippen molar-refractivity contribution in [3.05, 3.63) is 35.4 Å². The molecule has 0 aromatic heterocycles. The average molecular weight is 298 g/mol. The summed E-state index contributed by atoms with van der Waals surface area (Å²) in [6.45, 7) is 5.82. The van der Waals surface area contributed by atoms with Crippen molar-refractivity contribution in [1.29, 1.82) is 0 Å². The number of benzene rings is 1. The Bertz CT molecular complexity index is 518. The Morgan fingerprint density at radius 3 is 2.55 bits per heavy atom. The lowest BCUT2D eigenvalue weighted by molar-refractivity contribution is 0.187. The van der Waals surface area contributed by atoms with E-state index in [1.54, 1.807) is 11.1 Å². The van der Waals surface area contributed by atoms with Crippen LogP contribution in [0.4, 0.5) is 0 Å². The molecule has 3 fully saturated rings. The summed E-state index contributed by atoms with van der Waals surface area (Å²) in [5.41, 5.74) is 3.29. The van der Waals surface area contributed by atoms with Gasteiger partial charge in [-0.25, -0.2) is 0 Å². The van der Waals surface area contributed by atoms with Crippen LogP contribution in [0.2, 0.25) is 0 Å². The molecule has 0 amide bonds. The number of hydrogen-bond acceptors (Lipinski definition) is 1. The van der Waals surface area contributed by atoms with Crippen LogP contribution in [0, 0.1) is 23.7 Å². The maximum absolute atomic E-state index is 5.41. The fourth-order valence-corrected chi connectivity index (χ4v) is 5.87. The lowest BCUT2D eigenvalue weighted by Gasteiger charge is -2.36. The molecule has 3 aliphatic rings. The molecule has 6 atom stereocenters.